The van der Waals surface area contributed by atoms with Gasteiger partial charge in [-0.1, -0.05) is 11.6 Å². The second-order valence-corrected chi connectivity index (χ2v) is 9.37. The zero-order valence-electron chi connectivity index (χ0n) is 19.6. The molecule has 4 aromatic rings. The Hall–Kier alpha value is -3.70. The van der Waals surface area contributed by atoms with Gasteiger partial charge in [-0.3, -0.25) is 0 Å². The highest BCUT2D eigenvalue weighted by Crippen LogP contribution is 2.34. The number of anilines is 1. The first kappa shape index (κ1) is 25.0. The topological polar surface area (TPSA) is 120 Å². The number of alkyl halides is 2. The van der Waals surface area contributed by atoms with Gasteiger partial charge in [0, 0.05) is 41.7 Å². The third-order valence-corrected chi connectivity index (χ3v) is 6.76. The summed E-state index contributed by atoms with van der Waals surface area (Å²) in [4.78, 5) is 12.0. The first-order valence-electron chi connectivity index (χ1n) is 11.7. The number of halogens is 4. The Morgan fingerprint density at radius 3 is 2.70 bits per heavy atom. The van der Waals surface area contributed by atoms with Crippen molar-refractivity contribution in [1.29, 1.82) is 0 Å². The molecule has 0 amide bonds. The number of benzene rings is 1. The number of hydrogen-bond acceptors (Lipinski definition) is 6. The molecule has 0 bridgehead atoms. The van der Waals surface area contributed by atoms with Crippen LogP contribution in [0.2, 0.25) is 5.02 Å². The minimum absolute atomic E-state index is 0.0663. The molecule has 0 radical (unpaired) electrons. The number of amidine groups is 1. The number of aromatic nitrogens is 4. The maximum atomic E-state index is 13.8. The second-order valence-electron chi connectivity index (χ2n) is 8.96. The van der Waals surface area contributed by atoms with Gasteiger partial charge in [0.05, 0.1) is 33.7 Å². The van der Waals surface area contributed by atoms with Crippen molar-refractivity contribution >= 4 is 34.3 Å². The highest BCUT2D eigenvalue weighted by molar-refractivity contribution is 6.33. The summed E-state index contributed by atoms with van der Waals surface area (Å²) in [7, 11) is 0. The molecule has 1 aromatic carbocycles. The van der Waals surface area contributed by atoms with Gasteiger partial charge < -0.3 is 16.8 Å². The summed E-state index contributed by atoms with van der Waals surface area (Å²) < 4.78 is 42.6. The largest absolute Gasteiger partial charge is 0.383 e. The second kappa shape index (κ2) is 10.3. The first-order chi connectivity index (χ1) is 17.8. The number of nitrogens with zero attached hydrogens (tertiary/aromatic N) is 5. The van der Waals surface area contributed by atoms with Crippen LogP contribution < -0.4 is 16.8 Å². The Kier molecular flexibility index (Phi) is 6.98. The number of hydrogen-bond donors (Lipinski definition) is 3. The van der Waals surface area contributed by atoms with E-state index in [1.807, 2.05) is 0 Å². The van der Waals surface area contributed by atoms with E-state index < -0.39 is 12.2 Å². The van der Waals surface area contributed by atoms with Crippen molar-refractivity contribution in [2.75, 3.05) is 5.32 Å². The lowest BCUT2D eigenvalue weighted by Crippen LogP contribution is -2.33. The molecule has 0 spiro atoms. The van der Waals surface area contributed by atoms with Crippen molar-refractivity contribution in [3.05, 3.63) is 71.3 Å². The molecule has 1 aliphatic rings. The van der Waals surface area contributed by atoms with Crippen molar-refractivity contribution in [1.82, 2.24) is 19.6 Å². The summed E-state index contributed by atoms with van der Waals surface area (Å²) in [5, 5.41) is 8.21. The van der Waals surface area contributed by atoms with Crippen LogP contribution in [0.1, 0.15) is 43.4 Å². The van der Waals surface area contributed by atoms with Gasteiger partial charge in [-0.2, -0.15) is 5.10 Å². The highest BCUT2D eigenvalue weighted by atomic mass is 35.5. The predicted octanol–water partition coefficient (Wildman–Crippen LogP) is 5.24. The molecule has 3 heterocycles. The molecule has 1 saturated carbocycles. The molecular weight excluding hydrogens is 505 g/mol. The van der Waals surface area contributed by atoms with Crippen molar-refractivity contribution in [2.24, 2.45) is 16.5 Å². The Bertz CT molecular complexity index is 1460. The zero-order chi connectivity index (χ0) is 26.1. The maximum absolute atomic E-state index is 13.8. The highest BCUT2D eigenvalue weighted by Gasteiger charge is 2.23. The van der Waals surface area contributed by atoms with Crippen LogP contribution in [0.5, 0.6) is 0 Å². The molecule has 0 aliphatic heterocycles. The van der Waals surface area contributed by atoms with Gasteiger partial charge in [0.2, 0.25) is 0 Å². The van der Waals surface area contributed by atoms with E-state index in [0.717, 1.165) is 32.0 Å². The lowest BCUT2D eigenvalue weighted by atomic mass is 9.91. The number of fused-ring (bicyclic) bond motifs is 1. The van der Waals surface area contributed by atoms with Crippen LogP contribution in [-0.2, 0) is 0 Å². The molecule has 3 aromatic heterocycles. The molecule has 0 unspecified atom stereocenters. The smallest absolute Gasteiger partial charge is 0.281 e. The van der Waals surface area contributed by atoms with Gasteiger partial charge in [-0.05, 0) is 43.9 Å². The molecule has 5 rings (SSSR count). The summed E-state index contributed by atoms with van der Waals surface area (Å²) in [6, 6.07) is 5.80. The van der Waals surface area contributed by atoms with Gasteiger partial charge in [0.25, 0.3) is 6.43 Å². The van der Waals surface area contributed by atoms with E-state index in [0.29, 0.717) is 22.3 Å². The molecular formula is C25H24ClF3N8. The number of aliphatic imine (C=N–C) groups is 1. The fourth-order valence-electron chi connectivity index (χ4n) is 4.51. The van der Waals surface area contributed by atoms with E-state index in [9.17, 15) is 13.2 Å². The van der Waals surface area contributed by atoms with E-state index in [1.165, 1.54) is 30.6 Å². The summed E-state index contributed by atoms with van der Waals surface area (Å²) in [5.74, 6) is -0.436. The van der Waals surface area contributed by atoms with E-state index in [-0.39, 0.29) is 39.9 Å². The van der Waals surface area contributed by atoms with Crippen molar-refractivity contribution in [2.45, 2.75) is 44.2 Å². The fourth-order valence-corrected chi connectivity index (χ4v) is 4.67. The van der Waals surface area contributed by atoms with Crippen LogP contribution in [0, 0.1) is 5.82 Å². The number of nitrogens with one attached hydrogen (secondary N) is 1. The maximum Gasteiger partial charge on any atom is 0.281 e. The van der Waals surface area contributed by atoms with E-state index in [4.69, 9.17) is 23.1 Å². The average Bonchev–Trinajstić information content (AvgIpc) is 3.32. The Balaban J connectivity index is 1.63. The minimum Gasteiger partial charge on any atom is -0.383 e. The third-order valence-electron chi connectivity index (χ3n) is 6.44. The van der Waals surface area contributed by atoms with E-state index in [1.54, 1.807) is 16.8 Å². The standard InChI is InChI=1S/C25H24ClF3N8/c26-19-6-1-14(27)8-20(19)36-25(31)18-10-34-37-11-13(17-9-32-12-33-23(17)24(28)29)7-21(37)22(18)35-16-4-2-15(30)3-5-16/h1,6-12,15-16,24,35H,2-5,30H2,(H2,31,36). The molecule has 8 nitrogen and oxygen atoms in total. The van der Waals surface area contributed by atoms with Crippen molar-refractivity contribution in [3.8, 4) is 11.1 Å². The van der Waals surface area contributed by atoms with E-state index in [2.05, 4.69) is 25.4 Å². The summed E-state index contributed by atoms with van der Waals surface area (Å²) in [6.45, 7) is 0. The Morgan fingerprint density at radius 1 is 1.16 bits per heavy atom. The molecule has 0 saturated heterocycles. The molecule has 192 valence electrons. The lowest BCUT2D eigenvalue weighted by molar-refractivity contribution is 0.146. The van der Waals surface area contributed by atoms with Crippen molar-refractivity contribution < 1.29 is 13.2 Å². The number of nitrogens with two attached hydrogens (primary N) is 2. The summed E-state index contributed by atoms with van der Waals surface area (Å²) in [6.07, 6.45) is 6.23. The van der Waals surface area contributed by atoms with Crippen LogP contribution in [0.25, 0.3) is 16.6 Å². The first-order valence-corrected chi connectivity index (χ1v) is 12.1. The van der Waals surface area contributed by atoms with Crippen LogP contribution in [0.3, 0.4) is 0 Å². The lowest BCUT2D eigenvalue weighted by Gasteiger charge is -2.28. The molecule has 37 heavy (non-hydrogen) atoms. The molecule has 0 atom stereocenters. The van der Waals surface area contributed by atoms with E-state index >= 15 is 0 Å². The minimum atomic E-state index is -2.77. The molecule has 5 N–H and O–H groups in total. The third kappa shape index (κ3) is 5.23. The Morgan fingerprint density at radius 2 is 1.95 bits per heavy atom. The quantitative estimate of drug-likeness (QED) is 0.232. The van der Waals surface area contributed by atoms with Crippen LogP contribution in [0.4, 0.5) is 24.5 Å². The van der Waals surface area contributed by atoms with Gasteiger partial charge in [-0.15, -0.1) is 0 Å². The van der Waals surface area contributed by atoms with Crippen LogP contribution in [-0.4, -0.2) is 37.5 Å². The summed E-state index contributed by atoms with van der Waals surface area (Å²) >= 11 is 6.19. The molecule has 1 fully saturated rings. The fraction of sp³-hybridized carbons (Fsp3) is 0.280. The predicted molar refractivity (Wildman–Crippen MR) is 137 cm³/mol. The average molecular weight is 529 g/mol. The molecule has 1 aliphatic carbocycles. The SMILES string of the molecule is NC(=Nc1cc(F)ccc1Cl)c1cnn2cc(-c3cncnc3C(F)F)cc2c1NC1CCC(N)CC1. The van der Waals surface area contributed by atoms with Gasteiger partial charge in [0.15, 0.2) is 0 Å². The summed E-state index contributed by atoms with van der Waals surface area (Å²) in [5.41, 5.74) is 14.6. The van der Waals surface area contributed by atoms with Crippen molar-refractivity contribution in [3.63, 3.8) is 0 Å². The zero-order valence-corrected chi connectivity index (χ0v) is 20.3. The normalized spacial score (nSPS) is 18.5. The monoisotopic (exact) mass is 528 g/mol. The van der Waals surface area contributed by atoms with Crippen LogP contribution in [0.15, 0.2) is 54.2 Å². The van der Waals surface area contributed by atoms with Gasteiger partial charge in [0.1, 0.15) is 23.7 Å². The Labute approximate surface area is 215 Å². The van der Waals surface area contributed by atoms with Gasteiger partial charge >= 0.3 is 0 Å². The number of rotatable bonds is 6. The van der Waals surface area contributed by atoms with Gasteiger partial charge in [-0.25, -0.2) is 32.6 Å². The molecule has 12 heteroatoms. The van der Waals surface area contributed by atoms with Crippen LogP contribution >= 0.6 is 11.6 Å².